The second-order valence-corrected chi connectivity index (χ2v) is 3.76. The van der Waals surface area contributed by atoms with Crippen molar-refractivity contribution in [3.8, 4) is 0 Å². The molecule has 2 unspecified atom stereocenters. The number of hydrogen-bond donors (Lipinski definition) is 2. The van der Waals surface area contributed by atoms with Crippen molar-refractivity contribution in [3.63, 3.8) is 0 Å². The monoisotopic (exact) mass is 214 g/mol. The van der Waals surface area contributed by atoms with E-state index in [2.05, 4.69) is 15.4 Å². The summed E-state index contributed by atoms with van der Waals surface area (Å²) >= 11 is 0. The van der Waals surface area contributed by atoms with Crippen LogP contribution in [0, 0.1) is 5.92 Å². The van der Waals surface area contributed by atoms with Crippen molar-refractivity contribution in [2.45, 2.75) is 25.8 Å². The second-order valence-electron chi connectivity index (χ2n) is 3.76. The molecule has 0 aromatic carbocycles. The van der Waals surface area contributed by atoms with Crippen LogP contribution in [0.5, 0.6) is 0 Å². The first-order valence-corrected chi connectivity index (χ1v) is 5.23. The van der Waals surface area contributed by atoms with Crippen LogP contribution in [0.1, 0.15) is 19.8 Å². The summed E-state index contributed by atoms with van der Waals surface area (Å²) < 4.78 is 4.48. The van der Waals surface area contributed by atoms with Gasteiger partial charge in [-0.1, -0.05) is 0 Å². The van der Waals surface area contributed by atoms with Crippen molar-refractivity contribution in [1.82, 2.24) is 10.6 Å². The molecule has 86 valence electrons. The van der Waals surface area contributed by atoms with E-state index in [1.165, 1.54) is 7.11 Å². The molecular weight excluding hydrogens is 196 g/mol. The molecule has 1 fully saturated rings. The molecule has 1 saturated heterocycles. The number of ether oxygens (including phenoxy) is 1. The number of carbonyl (C=O) groups excluding carboxylic acids is 2. The molecule has 0 radical (unpaired) electrons. The highest BCUT2D eigenvalue weighted by Crippen LogP contribution is 2.14. The van der Waals surface area contributed by atoms with Crippen LogP contribution < -0.4 is 10.6 Å². The fourth-order valence-electron chi connectivity index (χ4n) is 1.74. The first kappa shape index (κ1) is 12.0. The molecule has 1 amide bonds. The van der Waals surface area contributed by atoms with Gasteiger partial charge in [-0.15, -0.1) is 0 Å². The van der Waals surface area contributed by atoms with E-state index in [4.69, 9.17) is 0 Å². The third-order valence-corrected chi connectivity index (χ3v) is 2.72. The Bertz CT molecular complexity index is 243. The predicted molar refractivity (Wildman–Crippen MR) is 55.2 cm³/mol. The molecule has 0 saturated carbocycles. The van der Waals surface area contributed by atoms with Crippen molar-refractivity contribution in [3.05, 3.63) is 0 Å². The maximum Gasteiger partial charge on any atom is 0.307 e. The lowest BCUT2D eigenvalue weighted by Crippen LogP contribution is -2.37. The Morgan fingerprint density at radius 3 is 2.80 bits per heavy atom. The van der Waals surface area contributed by atoms with E-state index in [1.54, 1.807) is 0 Å². The second kappa shape index (κ2) is 5.70. The molecule has 1 aliphatic rings. The molecule has 2 N–H and O–H groups in total. The quantitative estimate of drug-likeness (QED) is 0.628. The van der Waals surface area contributed by atoms with Crippen LogP contribution in [0.4, 0.5) is 0 Å². The highest BCUT2D eigenvalue weighted by atomic mass is 16.5. The maximum absolute atomic E-state index is 11.6. The van der Waals surface area contributed by atoms with Crippen molar-refractivity contribution < 1.29 is 14.3 Å². The van der Waals surface area contributed by atoms with Crippen LogP contribution in [-0.2, 0) is 14.3 Å². The van der Waals surface area contributed by atoms with Crippen LogP contribution in [0.3, 0.4) is 0 Å². The summed E-state index contributed by atoms with van der Waals surface area (Å²) in [5.74, 6) is -0.244. The molecule has 5 nitrogen and oxygen atoms in total. The van der Waals surface area contributed by atoms with Gasteiger partial charge in [-0.05, 0) is 19.9 Å². The molecule has 0 aliphatic carbocycles. The van der Waals surface area contributed by atoms with E-state index in [0.717, 1.165) is 13.0 Å². The summed E-state index contributed by atoms with van der Waals surface area (Å²) in [6.07, 6.45) is 1.10. The van der Waals surface area contributed by atoms with Crippen LogP contribution in [-0.4, -0.2) is 38.1 Å². The lowest BCUT2D eigenvalue weighted by Gasteiger charge is -2.14. The molecule has 15 heavy (non-hydrogen) atoms. The van der Waals surface area contributed by atoms with Gasteiger partial charge >= 0.3 is 5.97 Å². The van der Waals surface area contributed by atoms with Crippen molar-refractivity contribution in [2.75, 3.05) is 20.2 Å². The highest BCUT2D eigenvalue weighted by Gasteiger charge is 2.28. The molecule has 1 aliphatic heterocycles. The van der Waals surface area contributed by atoms with Crippen molar-refractivity contribution in [2.24, 2.45) is 5.92 Å². The van der Waals surface area contributed by atoms with Crippen molar-refractivity contribution >= 4 is 11.9 Å². The fourth-order valence-corrected chi connectivity index (χ4v) is 1.74. The van der Waals surface area contributed by atoms with E-state index in [-0.39, 0.29) is 30.3 Å². The number of nitrogens with one attached hydrogen (secondary N) is 2. The Balaban J connectivity index is 2.21. The number of rotatable bonds is 4. The minimum atomic E-state index is -0.298. The van der Waals surface area contributed by atoms with Gasteiger partial charge in [0.2, 0.25) is 5.91 Å². The molecule has 2 atom stereocenters. The molecule has 1 rings (SSSR count). The maximum atomic E-state index is 11.6. The number of esters is 1. The molecule has 1 heterocycles. The van der Waals surface area contributed by atoms with Gasteiger partial charge in [0, 0.05) is 12.6 Å². The number of carbonyl (C=O) groups is 2. The topological polar surface area (TPSA) is 67.4 Å². The molecule has 0 aromatic rings. The molecule has 5 heteroatoms. The van der Waals surface area contributed by atoms with E-state index in [1.807, 2.05) is 6.92 Å². The summed E-state index contributed by atoms with van der Waals surface area (Å²) in [7, 11) is 1.34. The summed E-state index contributed by atoms with van der Waals surface area (Å²) in [6.45, 7) is 3.24. The molecule has 0 spiro atoms. The Morgan fingerprint density at radius 2 is 2.27 bits per heavy atom. The Kier molecular flexibility index (Phi) is 4.55. The lowest BCUT2D eigenvalue weighted by molar-refractivity contribution is -0.140. The van der Waals surface area contributed by atoms with Gasteiger partial charge in [0.25, 0.3) is 0 Å². The predicted octanol–water partition coefficient (Wildman–Crippen LogP) is -0.336. The van der Waals surface area contributed by atoms with Gasteiger partial charge < -0.3 is 15.4 Å². The molecule has 0 bridgehead atoms. The fraction of sp³-hybridized carbons (Fsp3) is 0.800. The Hall–Kier alpha value is -1.10. The summed E-state index contributed by atoms with van der Waals surface area (Å²) in [5.41, 5.74) is 0. The zero-order valence-corrected chi connectivity index (χ0v) is 9.21. The summed E-state index contributed by atoms with van der Waals surface area (Å²) in [6, 6.07) is 0.225. The van der Waals surface area contributed by atoms with Crippen LogP contribution in [0.25, 0.3) is 0 Å². The van der Waals surface area contributed by atoms with E-state index in [0.29, 0.717) is 6.54 Å². The van der Waals surface area contributed by atoms with Gasteiger partial charge in [0.05, 0.1) is 19.4 Å². The van der Waals surface area contributed by atoms with E-state index >= 15 is 0 Å². The van der Waals surface area contributed by atoms with Crippen LogP contribution in [0.2, 0.25) is 0 Å². The first-order valence-electron chi connectivity index (χ1n) is 5.23. The smallest absolute Gasteiger partial charge is 0.307 e. The lowest BCUT2D eigenvalue weighted by atomic mass is 10.0. The highest BCUT2D eigenvalue weighted by molar-refractivity contribution is 5.80. The van der Waals surface area contributed by atoms with E-state index in [9.17, 15) is 9.59 Å². The van der Waals surface area contributed by atoms with E-state index < -0.39 is 0 Å². The van der Waals surface area contributed by atoms with Gasteiger partial charge in [-0.25, -0.2) is 0 Å². The average molecular weight is 214 g/mol. The summed E-state index contributed by atoms with van der Waals surface area (Å²) in [4.78, 5) is 22.4. The number of hydrogen-bond acceptors (Lipinski definition) is 4. The molecule has 0 aromatic heterocycles. The van der Waals surface area contributed by atoms with Gasteiger partial charge in [0.15, 0.2) is 0 Å². The third-order valence-electron chi connectivity index (χ3n) is 2.72. The summed E-state index contributed by atoms with van der Waals surface area (Å²) in [5, 5.41) is 5.95. The number of methoxy groups -OCH3 is 1. The van der Waals surface area contributed by atoms with Gasteiger partial charge in [0.1, 0.15) is 0 Å². The SMILES string of the molecule is COC(=O)CCNC(=O)C1CCNC1C. The van der Waals surface area contributed by atoms with Gasteiger partial charge in [-0.2, -0.15) is 0 Å². The minimum Gasteiger partial charge on any atom is -0.469 e. The van der Waals surface area contributed by atoms with Crippen LogP contribution in [0.15, 0.2) is 0 Å². The standard InChI is InChI=1S/C10H18N2O3/c1-7-8(3-5-11-7)10(14)12-6-4-9(13)15-2/h7-8,11H,3-6H2,1-2H3,(H,12,14). The minimum absolute atomic E-state index is 0.0244. The van der Waals surface area contributed by atoms with Gasteiger partial charge in [-0.3, -0.25) is 9.59 Å². The molecular formula is C10H18N2O3. The Morgan fingerprint density at radius 1 is 1.53 bits per heavy atom. The van der Waals surface area contributed by atoms with Crippen LogP contribution >= 0.6 is 0 Å². The normalized spacial score (nSPS) is 24.9. The zero-order chi connectivity index (χ0) is 11.3. The zero-order valence-electron chi connectivity index (χ0n) is 9.21. The third kappa shape index (κ3) is 3.51. The van der Waals surface area contributed by atoms with Crippen molar-refractivity contribution in [1.29, 1.82) is 0 Å². The Labute approximate surface area is 89.6 Å². The number of amides is 1. The first-order chi connectivity index (χ1) is 7.15. The average Bonchev–Trinajstić information content (AvgIpc) is 2.64. The largest absolute Gasteiger partial charge is 0.469 e.